The number of carbonyl (C=O) groups is 3. The number of benzene rings is 2. The van der Waals surface area contributed by atoms with Crippen molar-refractivity contribution in [3.8, 4) is 17.4 Å². The van der Waals surface area contributed by atoms with Crippen molar-refractivity contribution in [1.82, 2.24) is 10.3 Å². The second-order valence-corrected chi connectivity index (χ2v) is 9.59. The van der Waals surface area contributed by atoms with Crippen molar-refractivity contribution in [2.75, 3.05) is 13.7 Å². The zero-order chi connectivity index (χ0) is 28.1. The molecule has 0 aliphatic heterocycles. The highest BCUT2D eigenvalue weighted by atomic mass is 79.9. The van der Waals surface area contributed by atoms with Crippen LogP contribution < -0.4 is 14.8 Å². The number of ether oxygens (including phenoxy) is 2. The zero-order valence-corrected chi connectivity index (χ0v) is 23.4. The maximum atomic E-state index is 10.6. The molecule has 0 radical (unpaired) electrons. The van der Waals surface area contributed by atoms with Gasteiger partial charge in [0.1, 0.15) is 18.3 Å². The van der Waals surface area contributed by atoms with E-state index < -0.39 is 5.97 Å². The van der Waals surface area contributed by atoms with Crippen LogP contribution in [0.25, 0.3) is 0 Å². The molecule has 2 N–H and O–H groups in total. The van der Waals surface area contributed by atoms with Gasteiger partial charge in [-0.1, -0.05) is 38.1 Å². The molecule has 1 aliphatic carbocycles. The Hall–Kier alpha value is -3.56. The number of aromatic nitrogens is 1. The van der Waals surface area contributed by atoms with E-state index >= 15 is 0 Å². The Morgan fingerprint density at radius 2 is 1.95 bits per heavy atom. The maximum Gasteiger partial charge on any atom is 0.341 e. The van der Waals surface area contributed by atoms with Crippen LogP contribution in [0.15, 0.2) is 59.2 Å². The van der Waals surface area contributed by atoms with E-state index in [1.807, 2.05) is 50.2 Å². The summed E-state index contributed by atoms with van der Waals surface area (Å²) < 4.78 is 11.7. The van der Waals surface area contributed by atoms with Crippen molar-refractivity contribution in [2.45, 2.75) is 45.1 Å². The Morgan fingerprint density at radius 1 is 1.24 bits per heavy atom. The van der Waals surface area contributed by atoms with Gasteiger partial charge in [-0.05, 0) is 89.1 Å². The Balaban J connectivity index is 0.000000252. The van der Waals surface area contributed by atoms with E-state index in [9.17, 15) is 9.59 Å². The first-order chi connectivity index (χ1) is 18.3. The molecule has 0 fully saturated rings. The SMILES string of the molecule is C=O.CC(C)c1ccc(Oc2ncc(C=O)cc2Br)cc1.CNC1CCCc2c(OCC(=O)O)cccc21. The molecule has 202 valence electrons. The summed E-state index contributed by atoms with van der Waals surface area (Å²) in [6.45, 7) is 6.01. The number of fused-ring (bicyclic) bond motifs is 1. The van der Waals surface area contributed by atoms with Gasteiger partial charge in [-0.2, -0.15) is 0 Å². The molecule has 0 amide bonds. The van der Waals surface area contributed by atoms with Crippen LogP contribution in [0.3, 0.4) is 0 Å². The summed E-state index contributed by atoms with van der Waals surface area (Å²) in [6, 6.07) is 15.8. The quantitative estimate of drug-likeness (QED) is 0.304. The third-order valence-electron chi connectivity index (χ3n) is 5.89. The van der Waals surface area contributed by atoms with Gasteiger partial charge in [0.2, 0.25) is 5.88 Å². The molecule has 1 heterocycles. The lowest BCUT2D eigenvalue weighted by Gasteiger charge is -2.26. The number of nitrogens with one attached hydrogen (secondary N) is 1. The molecule has 0 bridgehead atoms. The third-order valence-corrected chi connectivity index (χ3v) is 6.46. The highest BCUT2D eigenvalue weighted by Gasteiger charge is 2.21. The fourth-order valence-corrected chi connectivity index (χ4v) is 4.45. The average Bonchev–Trinajstić information content (AvgIpc) is 2.94. The van der Waals surface area contributed by atoms with Crippen LogP contribution in [0, 0.1) is 0 Å². The standard InChI is InChI=1S/C15H14BrNO2.C13H17NO3.CH2O/c1-10(2)12-3-5-13(6-4-12)19-15-14(16)7-11(9-18)8-17-15;1-14-11-6-2-5-10-9(11)4-3-7-12(10)17-8-13(15)16;1-2/h3-10H,1-2H3;3-4,7,11,14H,2,5-6,8H2,1H3,(H,15,16);1H2. The monoisotopic (exact) mass is 584 g/mol. The van der Waals surface area contributed by atoms with E-state index in [0.717, 1.165) is 36.9 Å². The lowest BCUT2D eigenvalue weighted by atomic mass is 9.87. The van der Waals surface area contributed by atoms with Crippen molar-refractivity contribution in [3.05, 3.63) is 81.5 Å². The van der Waals surface area contributed by atoms with Gasteiger partial charge in [-0.15, -0.1) is 0 Å². The van der Waals surface area contributed by atoms with Gasteiger partial charge in [0.15, 0.2) is 12.9 Å². The molecule has 1 unspecified atom stereocenters. The highest BCUT2D eigenvalue weighted by molar-refractivity contribution is 9.10. The number of hydrogen-bond acceptors (Lipinski definition) is 7. The zero-order valence-electron chi connectivity index (χ0n) is 21.8. The number of carbonyl (C=O) groups excluding carboxylic acids is 2. The number of halogens is 1. The molecule has 1 aliphatic rings. The first kappa shape index (κ1) is 30.7. The molecule has 1 aromatic heterocycles. The van der Waals surface area contributed by atoms with Gasteiger partial charge in [0.25, 0.3) is 0 Å². The third kappa shape index (κ3) is 8.78. The fourth-order valence-electron chi connectivity index (χ4n) is 4.00. The second kappa shape index (κ2) is 15.6. The largest absolute Gasteiger partial charge is 0.482 e. The lowest BCUT2D eigenvalue weighted by Crippen LogP contribution is -2.22. The van der Waals surface area contributed by atoms with Gasteiger partial charge in [-0.25, -0.2) is 9.78 Å². The second-order valence-electron chi connectivity index (χ2n) is 8.74. The van der Waals surface area contributed by atoms with Crippen molar-refractivity contribution in [3.63, 3.8) is 0 Å². The molecule has 38 heavy (non-hydrogen) atoms. The van der Waals surface area contributed by atoms with Gasteiger partial charge in [0.05, 0.1) is 4.47 Å². The number of pyridine rings is 1. The van der Waals surface area contributed by atoms with Crippen LogP contribution in [0.5, 0.6) is 17.4 Å². The molecule has 3 aromatic rings. The lowest BCUT2D eigenvalue weighted by molar-refractivity contribution is -0.139. The molecule has 4 rings (SSSR count). The summed E-state index contributed by atoms with van der Waals surface area (Å²) in [5.41, 5.74) is 4.16. The van der Waals surface area contributed by atoms with Gasteiger partial charge in [-0.3, -0.25) is 4.79 Å². The number of carboxylic acid groups (broad SMARTS) is 1. The first-order valence-corrected chi connectivity index (χ1v) is 12.9. The summed E-state index contributed by atoms with van der Waals surface area (Å²) in [5, 5.41) is 11.9. The Labute approximate surface area is 231 Å². The minimum Gasteiger partial charge on any atom is -0.482 e. The summed E-state index contributed by atoms with van der Waals surface area (Å²) >= 11 is 3.34. The van der Waals surface area contributed by atoms with Gasteiger partial charge in [0, 0.05) is 17.8 Å². The van der Waals surface area contributed by atoms with Crippen molar-refractivity contribution in [1.29, 1.82) is 0 Å². The smallest absolute Gasteiger partial charge is 0.341 e. The van der Waals surface area contributed by atoms with Crippen LogP contribution >= 0.6 is 15.9 Å². The van der Waals surface area contributed by atoms with Crippen LogP contribution in [0.2, 0.25) is 0 Å². The average molecular weight is 585 g/mol. The van der Waals surface area contributed by atoms with Crippen LogP contribution in [0.1, 0.15) is 65.7 Å². The molecule has 2 aromatic carbocycles. The van der Waals surface area contributed by atoms with E-state index in [1.165, 1.54) is 17.3 Å². The fraction of sp³-hybridized carbons (Fsp3) is 0.310. The topological polar surface area (TPSA) is 115 Å². The number of rotatable bonds is 8. The predicted octanol–water partition coefficient (Wildman–Crippen LogP) is 6.13. The molecule has 9 heteroatoms. The number of aldehydes is 1. The van der Waals surface area contributed by atoms with Gasteiger partial charge < -0.3 is 24.7 Å². The summed E-state index contributed by atoms with van der Waals surface area (Å²) in [4.78, 5) is 33.3. The minimum absolute atomic E-state index is 0.277. The minimum atomic E-state index is -0.941. The van der Waals surface area contributed by atoms with Gasteiger partial charge >= 0.3 is 5.97 Å². The Kier molecular flexibility index (Phi) is 12.6. The Bertz CT molecular complexity index is 1200. The van der Waals surface area contributed by atoms with E-state index in [4.69, 9.17) is 19.4 Å². The number of nitrogens with zero attached hydrogens (tertiary/aromatic N) is 1. The van der Waals surface area contributed by atoms with Crippen molar-refractivity contribution in [2.24, 2.45) is 0 Å². The van der Waals surface area contributed by atoms with E-state index in [0.29, 0.717) is 33.6 Å². The molecule has 0 saturated carbocycles. The van der Waals surface area contributed by atoms with E-state index in [2.05, 4.69) is 46.1 Å². The number of aliphatic carboxylic acids is 1. The van der Waals surface area contributed by atoms with Crippen molar-refractivity contribution < 1.29 is 29.0 Å². The molecule has 1 atom stereocenters. The molecule has 8 nitrogen and oxygen atoms in total. The maximum absolute atomic E-state index is 10.6. The number of carboxylic acids is 1. The normalized spacial score (nSPS) is 13.7. The van der Waals surface area contributed by atoms with Crippen LogP contribution in [-0.2, 0) is 16.0 Å². The van der Waals surface area contributed by atoms with Crippen molar-refractivity contribution >= 4 is 35.0 Å². The molecule has 0 spiro atoms. The molecule has 0 saturated heterocycles. The van der Waals surface area contributed by atoms with Crippen LogP contribution in [-0.4, -0.2) is 42.8 Å². The molecular weight excluding hydrogens is 552 g/mol. The molecular formula is C29H33BrN2O6. The van der Waals surface area contributed by atoms with Crippen LogP contribution in [0.4, 0.5) is 0 Å². The summed E-state index contributed by atoms with van der Waals surface area (Å²) in [6.07, 6.45) is 5.41. The van der Waals surface area contributed by atoms with E-state index in [1.54, 1.807) is 6.07 Å². The first-order valence-electron chi connectivity index (χ1n) is 12.1. The summed E-state index contributed by atoms with van der Waals surface area (Å²) in [5.74, 6) is 1.43. The highest BCUT2D eigenvalue weighted by Crippen LogP contribution is 2.35. The predicted molar refractivity (Wildman–Crippen MR) is 149 cm³/mol. The van der Waals surface area contributed by atoms with E-state index in [-0.39, 0.29) is 6.61 Å². The summed E-state index contributed by atoms with van der Waals surface area (Å²) in [7, 11) is 1.95. The number of hydrogen-bond donors (Lipinski definition) is 2. The Morgan fingerprint density at radius 3 is 2.53 bits per heavy atom.